The summed E-state index contributed by atoms with van der Waals surface area (Å²) < 4.78 is 0. The van der Waals surface area contributed by atoms with E-state index in [1.807, 2.05) is 0 Å². The highest BCUT2D eigenvalue weighted by Gasteiger charge is 2.21. The molecule has 2 rings (SSSR count). The highest BCUT2D eigenvalue weighted by atomic mass is 14.9. The van der Waals surface area contributed by atoms with Gasteiger partial charge in [0.2, 0.25) is 0 Å². The van der Waals surface area contributed by atoms with Crippen molar-refractivity contribution in [1.82, 2.24) is 5.32 Å². The third kappa shape index (κ3) is 3.08. The van der Waals surface area contributed by atoms with E-state index in [0.717, 1.165) is 12.0 Å². The van der Waals surface area contributed by atoms with Gasteiger partial charge >= 0.3 is 0 Å². The Bertz CT molecular complexity index is 332. The van der Waals surface area contributed by atoms with Gasteiger partial charge in [0.05, 0.1) is 0 Å². The standard InChI is InChI=1S/C15H23N/c1-11(10-16-14-7-8-14)9-15-12(2)5-4-6-13(15)3/h4-6,11,14,16H,7-10H2,1-3H3. The van der Waals surface area contributed by atoms with Crippen molar-refractivity contribution < 1.29 is 0 Å². The maximum atomic E-state index is 3.62. The van der Waals surface area contributed by atoms with Crippen LogP contribution in [0.2, 0.25) is 0 Å². The summed E-state index contributed by atoms with van der Waals surface area (Å²) in [5.74, 6) is 0.736. The van der Waals surface area contributed by atoms with Crippen molar-refractivity contribution in [2.45, 2.75) is 46.1 Å². The first-order chi connectivity index (χ1) is 7.66. The van der Waals surface area contributed by atoms with Crippen LogP contribution < -0.4 is 5.32 Å². The quantitative estimate of drug-likeness (QED) is 0.798. The molecule has 0 aliphatic heterocycles. The molecule has 1 N–H and O–H groups in total. The predicted octanol–water partition coefficient (Wildman–Crippen LogP) is 3.23. The summed E-state index contributed by atoms with van der Waals surface area (Å²) in [5.41, 5.74) is 4.43. The summed E-state index contributed by atoms with van der Waals surface area (Å²) in [7, 11) is 0. The fourth-order valence-electron chi connectivity index (χ4n) is 2.25. The second-order valence-corrected chi connectivity index (χ2v) is 5.36. The molecule has 1 saturated carbocycles. The lowest BCUT2D eigenvalue weighted by Gasteiger charge is -2.16. The molecule has 0 bridgehead atoms. The highest BCUT2D eigenvalue weighted by molar-refractivity contribution is 5.33. The molecular weight excluding hydrogens is 194 g/mol. The lowest BCUT2D eigenvalue weighted by atomic mass is 9.93. The first-order valence-electron chi connectivity index (χ1n) is 6.45. The van der Waals surface area contributed by atoms with Crippen LogP contribution in [0.5, 0.6) is 0 Å². The molecule has 1 unspecified atom stereocenters. The van der Waals surface area contributed by atoms with Crippen molar-refractivity contribution in [3.63, 3.8) is 0 Å². The molecule has 1 fully saturated rings. The topological polar surface area (TPSA) is 12.0 Å². The number of benzene rings is 1. The number of rotatable bonds is 5. The second-order valence-electron chi connectivity index (χ2n) is 5.36. The molecule has 1 heteroatoms. The molecule has 1 aromatic rings. The molecule has 0 radical (unpaired) electrons. The van der Waals surface area contributed by atoms with Gasteiger partial charge in [-0.1, -0.05) is 25.1 Å². The van der Waals surface area contributed by atoms with Crippen molar-refractivity contribution in [2.24, 2.45) is 5.92 Å². The van der Waals surface area contributed by atoms with Crippen LogP contribution in [-0.4, -0.2) is 12.6 Å². The Kier molecular flexibility index (Phi) is 3.65. The Morgan fingerprint density at radius 1 is 1.25 bits per heavy atom. The van der Waals surface area contributed by atoms with Crippen LogP contribution in [0, 0.1) is 19.8 Å². The lowest BCUT2D eigenvalue weighted by Crippen LogP contribution is -2.24. The Morgan fingerprint density at radius 2 is 1.88 bits per heavy atom. The van der Waals surface area contributed by atoms with Crippen molar-refractivity contribution in [1.29, 1.82) is 0 Å². The zero-order valence-corrected chi connectivity index (χ0v) is 10.7. The highest BCUT2D eigenvalue weighted by Crippen LogP contribution is 2.21. The van der Waals surface area contributed by atoms with E-state index < -0.39 is 0 Å². The molecule has 1 aliphatic carbocycles. The minimum atomic E-state index is 0.736. The third-order valence-corrected chi connectivity index (χ3v) is 3.53. The van der Waals surface area contributed by atoms with Crippen LogP contribution in [0.3, 0.4) is 0 Å². The summed E-state index contributed by atoms with van der Waals surface area (Å²) in [6.45, 7) is 7.96. The maximum Gasteiger partial charge on any atom is 0.00683 e. The fourth-order valence-corrected chi connectivity index (χ4v) is 2.25. The van der Waals surface area contributed by atoms with Crippen molar-refractivity contribution in [3.8, 4) is 0 Å². The summed E-state index contributed by atoms with van der Waals surface area (Å²) in [5, 5.41) is 3.62. The summed E-state index contributed by atoms with van der Waals surface area (Å²) >= 11 is 0. The molecule has 88 valence electrons. The Morgan fingerprint density at radius 3 is 2.44 bits per heavy atom. The van der Waals surface area contributed by atoms with Gasteiger partial charge in [0.1, 0.15) is 0 Å². The van der Waals surface area contributed by atoms with E-state index in [0.29, 0.717) is 0 Å². The van der Waals surface area contributed by atoms with E-state index >= 15 is 0 Å². The van der Waals surface area contributed by atoms with E-state index in [9.17, 15) is 0 Å². The molecule has 1 aromatic carbocycles. The molecule has 1 aliphatic rings. The third-order valence-electron chi connectivity index (χ3n) is 3.53. The molecule has 1 nitrogen and oxygen atoms in total. The summed E-state index contributed by atoms with van der Waals surface area (Å²) in [6.07, 6.45) is 3.98. The van der Waals surface area contributed by atoms with E-state index in [4.69, 9.17) is 0 Å². The molecule has 16 heavy (non-hydrogen) atoms. The normalized spacial score (nSPS) is 17.4. The predicted molar refractivity (Wildman–Crippen MR) is 69.8 cm³/mol. The summed E-state index contributed by atoms with van der Waals surface area (Å²) in [4.78, 5) is 0. The maximum absolute atomic E-state index is 3.62. The number of hydrogen-bond acceptors (Lipinski definition) is 1. The van der Waals surface area contributed by atoms with E-state index in [-0.39, 0.29) is 0 Å². The zero-order chi connectivity index (χ0) is 11.5. The van der Waals surface area contributed by atoms with Crippen molar-refractivity contribution >= 4 is 0 Å². The van der Waals surface area contributed by atoms with E-state index in [1.165, 1.54) is 36.9 Å². The first-order valence-corrected chi connectivity index (χ1v) is 6.45. The molecule has 0 heterocycles. The molecule has 0 saturated heterocycles. The molecule has 0 amide bonds. The minimum absolute atomic E-state index is 0.736. The van der Waals surface area contributed by atoms with E-state index in [1.54, 1.807) is 5.56 Å². The van der Waals surface area contributed by atoms with Crippen LogP contribution in [-0.2, 0) is 6.42 Å². The average Bonchev–Trinajstić information content (AvgIpc) is 3.04. The Balaban J connectivity index is 1.91. The first kappa shape index (κ1) is 11.7. The van der Waals surface area contributed by atoms with Crippen LogP contribution in [0.25, 0.3) is 0 Å². The fraction of sp³-hybridized carbons (Fsp3) is 0.600. The van der Waals surface area contributed by atoms with Gasteiger partial charge in [0.15, 0.2) is 0 Å². The van der Waals surface area contributed by atoms with Crippen LogP contribution in [0.1, 0.15) is 36.5 Å². The van der Waals surface area contributed by atoms with E-state index in [2.05, 4.69) is 44.3 Å². The smallest absolute Gasteiger partial charge is 0.00683 e. The van der Waals surface area contributed by atoms with Crippen LogP contribution in [0.4, 0.5) is 0 Å². The molecular formula is C15H23N. The second kappa shape index (κ2) is 5.01. The van der Waals surface area contributed by atoms with Gasteiger partial charge in [0.25, 0.3) is 0 Å². The molecule has 0 spiro atoms. The Labute approximate surface area is 99.3 Å². The van der Waals surface area contributed by atoms with Gasteiger partial charge in [-0.25, -0.2) is 0 Å². The number of aryl methyl sites for hydroxylation is 2. The van der Waals surface area contributed by atoms with Crippen molar-refractivity contribution in [2.75, 3.05) is 6.54 Å². The van der Waals surface area contributed by atoms with Crippen molar-refractivity contribution in [3.05, 3.63) is 34.9 Å². The monoisotopic (exact) mass is 217 g/mol. The average molecular weight is 217 g/mol. The number of hydrogen-bond donors (Lipinski definition) is 1. The van der Waals surface area contributed by atoms with Gasteiger partial charge in [-0.3, -0.25) is 0 Å². The van der Waals surface area contributed by atoms with Gasteiger partial charge in [-0.2, -0.15) is 0 Å². The van der Waals surface area contributed by atoms with Crippen LogP contribution in [0.15, 0.2) is 18.2 Å². The largest absolute Gasteiger partial charge is 0.314 e. The minimum Gasteiger partial charge on any atom is -0.314 e. The van der Waals surface area contributed by atoms with Gasteiger partial charge in [-0.05, 0) is 62.3 Å². The van der Waals surface area contributed by atoms with Gasteiger partial charge in [-0.15, -0.1) is 0 Å². The molecule has 0 aromatic heterocycles. The summed E-state index contributed by atoms with van der Waals surface area (Å²) in [6, 6.07) is 7.44. The number of nitrogens with one attached hydrogen (secondary N) is 1. The van der Waals surface area contributed by atoms with Gasteiger partial charge in [0, 0.05) is 6.04 Å². The van der Waals surface area contributed by atoms with Crippen LogP contribution >= 0.6 is 0 Å². The SMILES string of the molecule is Cc1cccc(C)c1CC(C)CNC1CC1. The molecule has 1 atom stereocenters. The van der Waals surface area contributed by atoms with Gasteiger partial charge < -0.3 is 5.32 Å². The lowest BCUT2D eigenvalue weighted by molar-refractivity contribution is 0.507. The Hall–Kier alpha value is -0.820. The zero-order valence-electron chi connectivity index (χ0n) is 10.7.